The summed E-state index contributed by atoms with van der Waals surface area (Å²) in [6, 6.07) is 6.68. The van der Waals surface area contributed by atoms with E-state index in [1.165, 1.54) is 12.1 Å². The summed E-state index contributed by atoms with van der Waals surface area (Å²) in [5, 5.41) is 4.20. The second-order valence-corrected chi connectivity index (χ2v) is 3.92. The van der Waals surface area contributed by atoms with Crippen molar-refractivity contribution in [3.8, 4) is 11.3 Å². The van der Waals surface area contributed by atoms with Gasteiger partial charge < -0.3 is 5.73 Å². The van der Waals surface area contributed by atoms with Gasteiger partial charge in [-0.2, -0.15) is 18.3 Å². The van der Waals surface area contributed by atoms with Gasteiger partial charge >= 0.3 is 6.18 Å². The first-order chi connectivity index (χ1) is 8.41. The Labute approximate surface area is 102 Å². The second-order valence-electron chi connectivity index (χ2n) is 3.92. The van der Waals surface area contributed by atoms with Gasteiger partial charge in [0.15, 0.2) is 0 Å². The van der Waals surface area contributed by atoms with E-state index in [2.05, 4.69) is 5.10 Å². The molecule has 2 aromatic rings. The molecule has 2 rings (SSSR count). The number of nitrogens with two attached hydrogens (primary N) is 1. The van der Waals surface area contributed by atoms with Gasteiger partial charge in [-0.15, -0.1) is 0 Å². The first kappa shape index (κ1) is 12.6. The standard InChI is InChI=1S/C12H12F3N3/c1-18-10(7-16)6-11(17-18)8-2-4-9(5-3-8)12(13,14)15/h2-6H,7,16H2,1H3. The number of nitrogens with zero attached hydrogens (tertiary/aromatic N) is 2. The molecule has 18 heavy (non-hydrogen) atoms. The third-order valence-corrected chi connectivity index (χ3v) is 2.69. The molecule has 0 unspecified atom stereocenters. The highest BCUT2D eigenvalue weighted by Crippen LogP contribution is 2.30. The minimum Gasteiger partial charge on any atom is -0.325 e. The first-order valence-electron chi connectivity index (χ1n) is 5.32. The molecule has 6 heteroatoms. The van der Waals surface area contributed by atoms with Crippen LogP contribution in [0.2, 0.25) is 0 Å². The largest absolute Gasteiger partial charge is 0.416 e. The van der Waals surface area contributed by atoms with E-state index in [-0.39, 0.29) is 0 Å². The van der Waals surface area contributed by atoms with Crippen molar-refractivity contribution < 1.29 is 13.2 Å². The van der Waals surface area contributed by atoms with Gasteiger partial charge in [-0.05, 0) is 18.2 Å². The van der Waals surface area contributed by atoms with Crippen LogP contribution in [0.5, 0.6) is 0 Å². The fourth-order valence-electron chi connectivity index (χ4n) is 1.67. The lowest BCUT2D eigenvalue weighted by Crippen LogP contribution is -2.04. The van der Waals surface area contributed by atoms with Crippen LogP contribution < -0.4 is 5.73 Å². The molecule has 0 saturated carbocycles. The van der Waals surface area contributed by atoms with Gasteiger partial charge in [0.2, 0.25) is 0 Å². The maximum atomic E-state index is 12.4. The number of hydrogen-bond donors (Lipinski definition) is 1. The lowest BCUT2D eigenvalue weighted by atomic mass is 10.1. The Hall–Kier alpha value is -1.82. The molecule has 1 heterocycles. The van der Waals surface area contributed by atoms with E-state index >= 15 is 0 Å². The molecule has 1 aromatic heterocycles. The van der Waals surface area contributed by atoms with Crippen LogP contribution in [0.25, 0.3) is 11.3 Å². The summed E-state index contributed by atoms with van der Waals surface area (Å²) in [5.74, 6) is 0. The van der Waals surface area contributed by atoms with Crippen molar-refractivity contribution in [3.05, 3.63) is 41.6 Å². The van der Waals surface area contributed by atoms with Gasteiger partial charge in [0, 0.05) is 19.2 Å². The quantitative estimate of drug-likeness (QED) is 0.896. The number of rotatable bonds is 2. The Balaban J connectivity index is 2.34. The molecule has 2 N–H and O–H groups in total. The normalized spacial score (nSPS) is 11.8. The minimum absolute atomic E-state index is 0.337. The molecule has 0 spiro atoms. The van der Waals surface area contributed by atoms with Gasteiger partial charge in [-0.1, -0.05) is 12.1 Å². The van der Waals surface area contributed by atoms with E-state index in [1.54, 1.807) is 17.8 Å². The Bertz CT molecular complexity index is 541. The molecule has 0 aliphatic heterocycles. The highest BCUT2D eigenvalue weighted by atomic mass is 19.4. The van der Waals surface area contributed by atoms with Crippen molar-refractivity contribution >= 4 is 0 Å². The lowest BCUT2D eigenvalue weighted by Gasteiger charge is -2.06. The maximum absolute atomic E-state index is 12.4. The smallest absolute Gasteiger partial charge is 0.325 e. The third-order valence-electron chi connectivity index (χ3n) is 2.69. The Morgan fingerprint density at radius 3 is 2.28 bits per heavy atom. The van der Waals surface area contributed by atoms with Crippen LogP contribution >= 0.6 is 0 Å². The second kappa shape index (κ2) is 4.45. The molecule has 0 fully saturated rings. The minimum atomic E-state index is -4.31. The fourth-order valence-corrected chi connectivity index (χ4v) is 1.67. The molecule has 0 saturated heterocycles. The van der Waals surface area contributed by atoms with Gasteiger partial charge in [0.05, 0.1) is 17.0 Å². The lowest BCUT2D eigenvalue weighted by molar-refractivity contribution is -0.137. The fraction of sp³-hybridized carbons (Fsp3) is 0.250. The Kier molecular flexibility index (Phi) is 3.13. The molecule has 1 aromatic carbocycles. The summed E-state index contributed by atoms with van der Waals surface area (Å²) in [5.41, 5.74) is 6.93. The summed E-state index contributed by atoms with van der Waals surface area (Å²) in [7, 11) is 1.75. The highest BCUT2D eigenvalue weighted by Gasteiger charge is 2.30. The summed E-state index contributed by atoms with van der Waals surface area (Å²) in [6.45, 7) is 0.337. The van der Waals surface area contributed by atoms with Crippen molar-refractivity contribution in [2.24, 2.45) is 12.8 Å². The van der Waals surface area contributed by atoms with E-state index in [1.807, 2.05) is 0 Å². The molecule has 0 aliphatic carbocycles. The average Bonchev–Trinajstić information content (AvgIpc) is 2.69. The SMILES string of the molecule is Cn1nc(-c2ccc(C(F)(F)F)cc2)cc1CN. The van der Waals surface area contributed by atoms with Crippen LogP contribution in [0.15, 0.2) is 30.3 Å². The molecule has 0 aliphatic rings. The highest BCUT2D eigenvalue weighted by molar-refractivity contribution is 5.59. The summed E-state index contributed by atoms with van der Waals surface area (Å²) in [4.78, 5) is 0. The zero-order chi connectivity index (χ0) is 13.3. The van der Waals surface area contributed by atoms with E-state index in [9.17, 15) is 13.2 Å². The van der Waals surface area contributed by atoms with Crippen molar-refractivity contribution in [2.75, 3.05) is 0 Å². The molecular weight excluding hydrogens is 243 g/mol. The van der Waals surface area contributed by atoms with Crippen LogP contribution in [0, 0.1) is 0 Å². The van der Waals surface area contributed by atoms with Gasteiger partial charge in [0.1, 0.15) is 0 Å². The number of alkyl halides is 3. The molecule has 0 amide bonds. The number of halogens is 3. The average molecular weight is 255 g/mol. The van der Waals surface area contributed by atoms with E-state index in [4.69, 9.17) is 5.73 Å². The summed E-state index contributed by atoms with van der Waals surface area (Å²) < 4.78 is 38.8. The zero-order valence-corrected chi connectivity index (χ0v) is 9.70. The van der Waals surface area contributed by atoms with E-state index in [0.29, 0.717) is 17.8 Å². The predicted molar refractivity (Wildman–Crippen MR) is 61.5 cm³/mol. The van der Waals surface area contributed by atoms with Gasteiger partial charge in [-0.3, -0.25) is 4.68 Å². The third kappa shape index (κ3) is 2.38. The van der Waals surface area contributed by atoms with Crippen molar-refractivity contribution in [1.82, 2.24) is 9.78 Å². The van der Waals surface area contributed by atoms with Crippen molar-refractivity contribution in [2.45, 2.75) is 12.7 Å². The van der Waals surface area contributed by atoms with Crippen molar-refractivity contribution in [3.63, 3.8) is 0 Å². The Morgan fingerprint density at radius 1 is 1.22 bits per heavy atom. The predicted octanol–water partition coefficient (Wildman–Crippen LogP) is 2.56. The monoisotopic (exact) mass is 255 g/mol. The van der Waals surface area contributed by atoms with Crippen LogP contribution in [0.1, 0.15) is 11.3 Å². The van der Waals surface area contributed by atoms with Crippen LogP contribution in [0.4, 0.5) is 13.2 Å². The van der Waals surface area contributed by atoms with Crippen LogP contribution in [-0.4, -0.2) is 9.78 Å². The topological polar surface area (TPSA) is 43.8 Å². The van der Waals surface area contributed by atoms with Gasteiger partial charge in [0.25, 0.3) is 0 Å². The van der Waals surface area contributed by atoms with E-state index in [0.717, 1.165) is 17.8 Å². The number of hydrogen-bond acceptors (Lipinski definition) is 2. The summed E-state index contributed by atoms with van der Waals surface area (Å²) >= 11 is 0. The molecule has 0 radical (unpaired) electrons. The maximum Gasteiger partial charge on any atom is 0.416 e. The molecule has 0 atom stereocenters. The molecule has 0 bridgehead atoms. The van der Waals surface area contributed by atoms with Gasteiger partial charge in [-0.25, -0.2) is 0 Å². The Morgan fingerprint density at radius 2 is 1.83 bits per heavy atom. The zero-order valence-electron chi connectivity index (χ0n) is 9.70. The molecular formula is C12H12F3N3. The first-order valence-corrected chi connectivity index (χ1v) is 5.32. The number of aryl methyl sites for hydroxylation is 1. The molecule has 3 nitrogen and oxygen atoms in total. The van der Waals surface area contributed by atoms with Crippen LogP contribution in [0.3, 0.4) is 0 Å². The number of benzene rings is 1. The van der Waals surface area contributed by atoms with Crippen molar-refractivity contribution in [1.29, 1.82) is 0 Å². The molecule has 96 valence electrons. The van der Waals surface area contributed by atoms with Crippen LogP contribution in [-0.2, 0) is 19.8 Å². The van der Waals surface area contributed by atoms with E-state index < -0.39 is 11.7 Å². The summed E-state index contributed by atoms with van der Waals surface area (Å²) in [6.07, 6.45) is -4.31. The number of aromatic nitrogens is 2.